The van der Waals surface area contributed by atoms with E-state index in [-0.39, 0.29) is 0 Å². The number of amides is 1. The number of aromatic nitrogens is 1. The molecule has 6 heteroatoms. The highest BCUT2D eigenvalue weighted by Gasteiger charge is 2.20. The molecule has 0 radical (unpaired) electrons. The Morgan fingerprint density at radius 2 is 1.81 bits per heavy atom. The van der Waals surface area contributed by atoms with Gasteiger partial charge in [0.25, 0.3) is 5.91 Å². The SMILES string of the molecule is CCc1ccc(-c2csc(NC(=O)[C@H](C)OC(=O)c3ccccc3)n2)cc1. The van der Waals surface area contributed by atoms with Crippen LogP contribution < -0.4 is 5.32 Å². The summed E-state index contributed by atoms with van der Waals surface area (Å²) in [5.74, 6) is -0.949. The lowest BCUT2D eigenvalue weighted by atomic mass is 10.1. The number of benzene rings is 2. The van der Waals surface area contributed by atoms with Crippen LogP contribution in [-0.2, 0) is 16.0 Å². The summed E-state index contributed by atoms with van der Waals surface area (Å²) in [5, 5.41) is 5.06. The molecule has 0 spiro atoms. The number of carbonyl (C=O) groups excluding carboxylic acids is 2. The maximum atomic E-state index is 12.3. The minimum absolute atomic E-state index is 0.407. The molecule has 1 aromatic heterocycles. The van der Waals surface area contributed by atoms with E-state index in [1.807, 2.05) is 23.6 Å². The number of carbonyl (C=O) groups is 2. The van der Waals surface area contributed by atoms with Gasteiger partial charge in [0.15, 0.2) is 11.2 Å². The van der Waals surface area contributed by atoms with E-state index in [4.69, 9.17) is 4.74 Å². The smallest absolute Gasteiger partial charge is 0.338 e. The van der Waals surface area contributed by atoms with Gasteiger partial charge in [0, 0.05) is 10.9 Å². The summed E-state index contributed by atoms with van der Waals surface area (Å²) < 4.78 is 5.21. The summed E-state index contributed by atoms with van der Waals surface area (Å²) in [7, 11) is 0. The summed E-state index contributed by atoms with van der Waals surface area (Å²) in [6, 6.07) is 16.7. The second-order valence-electron chi connectivity index (χ2n) is 5.99. The predicted molar refractivity (Wildman–Crippen MR) is 107 cm³/mol. The van der Waals surface area contributed by atoms with Crippen molar-refractivity contribution in [1.29, 1.82) is 0 Å². The standard InChI is InChI=1S/C21H20N2O3S/c1-3-15-9-11-16(12-10-15)18-13-27-21(22-18)23-19(24)14(2)26-20(25)17-7-5-4-6-8-17/h4-14H,3H2,1-2H3,(H,22,23,24)/t14-/m0/s1. The summed E-state index contributed by atoms with van der Waals surface area (Å²) in [6.07, 6.45) is 0.0620. The van der Waals surface area contributed by atoms with E-state index >= 15 is 0 Å². The van der Waals surface area contributed by atoms with Crippen LogP contribution in [0.2, 0.25) is 0 Å². The Hall–Kier alpha value is -2.99. The molecule has 0 aliphatic carbocycles. The average Bonchev–Trinajstić information content (AvgIpc) is 3.17. The maximum absolute atomic E-state index is 12.3. The number of aryl methyl sites for hydroxylation is 1. The van der Waals surface area contributed by atoms with Gasteiger partial charge in [-0.15, -0.1) is 11.3 Å². The molecular formula is C21H20N2O3S. The van der Waals surface area contributed by atoms with Crippen LogP contribution in [0.15, 0.2) is 60.0 Å². The first kappa shape index (κ1) is 18.8. The van der Waals surface area contributed by atoms with Gasteiger partial charge in [0.1, 0.15) is 0 Å². The number of hydrogen-bond donors (Lipinski definition) is 1. The molecule has 138 valence electrons. The molecule has 0 aliphatic heterocycles. The molecule has 2 aromatic carbocycles. The third kappa shape index (κ3) is 4.80. The molecule has 1 atom stereocenters. The van der Waals surface area contributed by atoms with Gasteiger partial charge >= 0.3 is 5.97 Å². The molecule has 0 bridgehead atoms. The van der Waals surface area contributed by atoms with Crippen LogP contribution in [0.25, 0.3) is 11.3 Å². The van der Waals surface area contributed by atoms with Gasteiger partial charge in [-0.1, -0.05) is 49.4 Å². The molecule has 0 saturated heterocycles. The van der Waals surface area contributed by atoms with Crippen LogP contribution in [0, 0.1) is 0 Å². The van der Waals surface area contributed by atoms with Gasteiger partial charge < -0.3 is 4.74 Å². The van der Waals surface area contributed by atoms with Crippen molar-refractivity contribution in [3.8, 4) is 11.3 Å². The lowest BCUT2D eigenvalue weighted by molar-refractivity contribution is -0.123. The van der Waals surface area contributed by atoms with Crippen LogP contribution in [0.1, 0.15) is 29.8 Å². The molecule has 3 rings (SSSR count). The highest BCUT2D eigenvalue weighted by Crippen LogP contribution is 2.25. The topological polar surface area (TPSA) is 68.3 Å². The number of ether oxygens (including phenoxy) is 1. The van der Waals surface area contributed by atoms with Crippen molar-refractivity contribution in [3.05, 3.63) is 71.1 Å². The first-order valence-electron chi connectivity index (χ1n) is 8.68. The zero-order valence-corrected chi connectivity index (χ0v) is 16.0. The Morgan fingerprint density at radius 1 is 1.11 bits per heavy atom. The monoisotopic (exact) mass is 380 g/mol. The van der Waals surface area contributed by atoms with E-state index in [0.29, 0.717) is 10.7 Å². The zero-order chi connectivity index (χ0) is 19.2. The van der Waals surface area contributed by atoms with Crippen LogP contribution in [-0.4, -0.2) is 23.0 Å². The quantitative estimate of drug-likeness (QED) is 0.637. The number of esters is 1. The predicted octanol–water partition coefficient (Wildman–Crippen LogP) is 4.56. The van der Waals surface area contributed by atoms with Crippen molar-refractivity contribution < 1.29 is 14.3 Å². The van der Waals surface area contributed by atoms with Crippen molar-refractivity contribution in [2.24, 2.45) is 0 Å². The lowest BCUT2D eigenvalue weighted by Gasteiger charge is -2.12. The number of nitrogens with zero attached hydrogens (tertiary/aromatic N) is 1. The summed E-state index contributed by atoms with van der Waals surface area (Å²) in [6.45, 7) is 3.64. The summed E-state index contributed by atoms with van der Waals surface area (Å²) in [5.41, 5.74) is 3.46. The summed E-state index contributed by atoms with van der Waals surface area (Å²) in [4.78, 5) is 28.8. The molecule has 0 fully saturated rings. The fourth-order valence-electron chi connectivity index (χ4n) is 2.44. The van der Waals surface area contributed by atoms with E-state index < -0.39 is 18.0 Å². The van der Waals surface area contributed by atoms with Crippen LogP contribution in [0.3, 0.4) is 0 Å². The fraction of sp³-hybridized carbons (Fsp3) is 0.190. The second-order valence-corrected chi connectivity index (χ2v) is 6.85. The normalized spacial score (nSPS) is 11.6. The molecule has 0 unspecified atom stereocenters. The van der Waals surface area contributed by atoms with E-state index in [2.05, 4.69) is 29.4 Å². The second kappa shape index (κ2) is 8.60. The lowest BCUT2D eigenvalue weighted by Crippen LogP contribution is -2.29. The van der Waals surface area contributed by atoms with Gasteiger partial charge in [-0.05, 0) is 31.0 Å². The molecule has 0 aliphatic rings. The first-order valence-corrected chi connectivity index (χ1v) is 9.56. The highest BCUT2D eigenvalue weighted by molar-refractivity contribution is 7.14. The third-order valence-corrected chi connectivity index (χ3v) is 4.81. The number of nitrogens with one attached hydrogen (secondary N) is 1. The Morgan fingerprint density at radius 3 is 2.48 bits per heavy atom. The third-order valence-electron chi connectivity index (χ3n) is 4.05. The van der Waals surface area contributed by atoms with Crippen molar-refractivity contribution in [1.82, 2.24) is 4.98 Å². The van der Waals surface area contributed by atoms with Gasteiger partial charge in [-0.25, -0.2) is 9.78 Å². The van der Waals surface area contributed by atoms with Crippen LogP contribution in [0.4, 0.5) is 5.13 Å². The van der Waals surface area contributed by atoms with E-state index in [1.54, 1.807) is 24.3 Å². The first-order chi connectivity index (χ1) is 13.1. The minimum Gasteiger partial charge on any atom is -0.449 e. The molecule has 27 heavy (non-hydrogen) atoms. The number of rotatable bonds is 6. The van der Waals surface area contributed by atoms with Crippen molar-refractivity contribution in [2.45, 2.75) is 26.4 Å². The largest absolute Gasteiger partial charge is 0.449 e. The van der Waals surface area contributed by atoms with E-state index in [9.17, 15) is 9.59 Å². The van der Waals surface area contributed by atoms with Crippen LogP contribution in [0.5, 0.6) is 0 Å². The molecular weight excluding hydrogens is 360 g/mol. The van der Waals surface area contributed by atoms with Gasteiger partial charge in [-0.3, -0.25) is 10.1 Å². The van der Waals surface area contributed by atoms with Gasteiger partial charge in [0.2, 0.25) is 0 Å². The van der Waals surface area contributed by atoms with Crippen molar-refractivity contribution >= 4 is 28.3 Å². The molecule has 0 saturated carbocycles. The molecule has 1 amide bonds. The highest BCUT2D eigenvalue weighted by atomic mass is 32.1. The van der Waals surface area contributed by atoms with Crippen molar-refractivity contribution in [2.75, 3.05) is 5.32 Å². The Labute approximate surface area is 162 Å². The Balaban J connectivity index is 1.60. The number of thiazole rings is 1. The molecule has 5 nitrogen and oxygen atoms in total. The van der Waals surface area contributed by atoms with Crippen LogP contribution >= 0.6 is 11.3 Å². The van der Waals surface area contributed by atoms with Gasteiger partial charge in [0.05, 0.1) is 11.3 Å². The van der Waals surface area contributed by atoms with Crippen molar-refractivity contribution in [3.63, 3.8) is 0 Å². The minimum atomic E-state index is -0.922. The molecule has 1 N–H and O–H groups in total. The number of hydrogen-bond acceptors (Lipinski definition) is 5. The fourth-order valence-corrected chi connectivity index (χ4v) is 3.16. The van der Waals surface area contributed by atoms with E-state index in [0.717, 1.165) is 17.7 Å². The summed E-state index contributed by atoms with van der Waals surface area (Å²) >= 11 is 1.33. The number of anilines is 1. The molecule has 1 heterocycles. The maximum Gasteiger partial charge on any atom is 0.338 e. The van der Waals surface area contributed by atoms with E-state index in [1.165, 1.54) is 23.8 Å². The average molecular weight is 380 g/mol. The molecule has 3 aromatic rings. The Kier molecular flexibility index (Phi) is 5.98. The Bertz CT molecular complexity index is 920. The van der Waals surface area contributed by atoms with Gasteiger partial charge in [-0.2, -0.15) is 0 Å². The zero-order valence-electron chi connectivity index (χ0n) is 15.1.